The molecule has 0 spiro atoms. The van der Waals surface area contributed by atoms with Crippen molar-refractivity contribution in [3.63, 3.8) is 0 Å². The van der Waals surface area contributed by atoms with Crippen LogP contribution < -0.4 is 20.3 Å². The number of rotatable bonds is 10. The summed E-state index contributed by atoms with van der Waals surface area (Å²) in [5.41, 5.74) is 2.84. The molecule has 0 fully saturated rings. The Bertz CT molecular complexity index is 1350. The van der Waals surface area contributed by atoms with Crippen molar-refractivity contribution in [3.05, 3.63) is 100 Å². The van der Waals surface area contributed by atoms with Crippen LogP contribution in [-0.2, 0) is 4.74 Å². The summed E-state index contributed by atoms with van der Waals surface area (Å²) in [4.78, 5) is 28.3. The van der Waals surface area contributed by atoms with Crippen LogP contribution in [0.25, 0.3) is 0 Å². The molecule has 2 N–H and O–H groups in total. The van der Waals surface area contributed by atoms with Crippen molar-refractivity contribution in [2.45, 2.75) is 18.9 Å². The number of anilines is 2. The van der Waals surface area contributed by atoms with Gasteiger partial charge >= 0.3 is 0 Å². The number of nitrogens with one attached hydrogen (secondary N) is 2. The summed E-state index contributed by atoms with van der Waals surface area (Å²) in [5.74, 6) is -0.226. The number of halogens is 2. The molecule has 7 nitrogen and oxygen atoms in total. The molecule has 0 saturated heterocycles. The Morgan fingerprint density at radius 2 is 1.92 bits per heavy atom. The standard InChI is InChI=1S/C30H31Cl2N3O4/c1-3-14-33-15-17-39-27-9-6-16-35(26-13-10-20(31)18-24(26)27)30(37)23-12-11-21(19-28(23)38-2)34-29(36)22-7-4-5-8-25(22)32/h3-5,7-8,10-13,18-19,27,33H,1,6,9,14-17H2,2H3,(H,34,36). The van der Waals surface area contributed by atoms with Crippen LogP contribution in [0.1, 0.15) is 45.2 Å². The highest BCUT2D eigenvalue weighted by atomic mass is 35.5. The van der Waals surface area contributed by atoms with Crippen LogP contribution in [0.5, 0.6) is 5.75 Å². The van der Waals surface area contributed by atoms with Gasteiger partial charge in [-0.1, -0.05) is 41.4 Å². The van der Waals surface area contributed by atoms with Crippen molar-refractivity contribution >= 4 is 46.4 Å². The number of methoxy groups -OCH3 is 1. The summed E-state index contributed by atoms with van der Waals surface area (Å²) < 4.78 is 11.8. The quantitative estimate of drug-likeness (QED) is 0.215. The maximum Gasteiger partial charge on any atom is 0.262 e. The third kappa shape index (κ3) is 6.99. The molecular formula is C30H31Cl2N3O4. The van der Waals surface area contributed by atoms with Gasteiger partial charge in [-0.2, -0.15) is 0 Å². The summed E-state index contributed by atoms with van der Waals surface area (Å²) in [6.07, 6.45) is 3.11. The topological polar surface area (TPSA) is 79.9 Å². The van der Waals surface area contributed by atoms with E-state index in [9.17, 15) is 9.59 Å². The Kier molecular flexibility index (Phi) is 10.0. The number of nitrogens with zero attached hydrogens (tertiary/aromatic N) is 1. The van der Waals surface area contributed by atoms with E-state index in [1.165, 1.54) is 7.11 Å². The summed E-state index contributed by atoms with van der Waals surface area (Å²) in [6, 6.07) is 17.3. The van der Waals surface area contributed by atoms with Gasteiger partial charge in [-0.3, -0.25) is 9.59 Å². The number of fused-ring (bicyclic) bond motifs is 1. The molecule has 39 heavy (non-hydrogen) atoms. The first kappa shape index (κ1) is 28.6. The lowest BCUT2D eigenvalue weighted by molar-refractivity contribution is 0.0497. The van der Waals surface area contributed by atoms with Gasteiger partial charge in [0.25, 0.3) is 11.8 Å². The maximum absolute atomic E-state index is 13.9. The van der Waals surface area contributed by atoms with Crippen LogP contribution in [0.3, 0.4) is 0 Å². The third-order valence-electron chi connectivity index (χ3n) is 6.42. The normalized spacial score (nSPS) is 14.7. The van der Waals surface area contributed by atoms with E-state index >= 15 is 0 Å². The van der Waals surface area contributed by atoms with Gasteiger partial charge in [-0.25, -0.2) is 0 Å². The van der Waals surface area contributed by atoms with Crippen molar-refractivity contribution < 1.29 is 19.1 Å². The highest BCUT2D eigenvalue weighted by Crippen LogP contribution is 2.38. The van der Waals surface area contributed by atoms with Gasteiger partial charge < -0.3 is 25.0 Å². The monoisotopic (exact) mass is 567 g/mol. The fraction of sp³-hybridized carbons (Fsp3) is 0.267. The molecule has 204 valence electrons. The van der Waals surface area contributed by atoms with Crippen molar-refractivity contribution in [1.82, 2.24) is 5.32 Å². The minimum Gasteiger partial charge on any atom is -0.496 e. The molecule has 0 aromatic heterocycles. The molecule has 0 saturated carbocycles. The first-order valence-electron chi connectivity index (χ1n) is 12.7. The van der Waals surface area contributed by atoms with Crippen molar-refractivity contribution in [1.29, 1.82) is 0 Å². The van der Waals surface area contributed by atoms with E-state index in [2.05, 4.69) is 17.2 Å². The molecule has 0 aliphatic carbocycles. The number of carbonyl (C=O) groups excluding carboxylic acids is 2. The Labute approximate surface area is 238 Å². The van der Waals surface area contributed by atoms with Crippen molar-refractivity contribution in [2.75, 3.05) is 43.6 Å². The average Bonchev–Trinajstić information content (AvgIpc) is 3.11. The van der Waals surface area contributed by atoms with Gasteiger partial charge in [0, 0.05) is 47.7 Å². The number of carbonyl (C=O) groups is 2. The second kappa shape index (κ2) is 13.6. The molecule has 3 aromatic carbocycles. The van der Waals surface area contributed by atoms with Crippen LogP contribution in [0, 0.1) is 0 Å². The molecular weight excluding hydrogens is 537 g/mol. The highest BCUT2D eigenvalue weighted by molar-refractivity contribution is 6.34. The lowest BCUT2D eigenvalue weighted by atomic mass is 10.0. The molecule has 3 aromatic rings. The summed E-state index contributed by atoms with van der Waals surface area (Å²) >= 11 is 12.5. The van der Waals surface area contributed by atoms with Crippen LogP contribution >= 0.6 is 23.2 Å². The van der Waals surface area contributed by atoms with E-state index in [4.69, 9.17) is 32.7 Å². The number of benzene rings is 3. The predicted molar refractivity (Wildman–Crippen MR) is 157 cm³/mol. The number of hydrogen-bond donors (Lipinski definition) is 2. The van der Waals surface area contributed by atoms with E-state index < -0.39 is 0 Å². The van der Waals surface area contributed by atoms with Gasteiger partial charge in [-0.05, 0) is 55.3 Å². The zero-order valence-corrected chi connectivity index (χ0v) is 23.2. The minimum atomic E-state index is -0.356. The zero-order valence-electron chi connectivity index (χ0n) is 21.7. The molecule has 9 heteroatoms. The Morgan fingerprint density at radius 1 is 1.10 bits per heavy atom. The van der Waals surface area contributed by atoms with Gasteiger partial charge in [0.2, 0.25) is 0 Å². The molecule has 4 rings (SSSR count). The number of ether oxygens (including phenoxy) is 2. The average molecular weight is 569 g/mol. The minimum absolute atomic E-state index is 0.189. The molecule has 1 aliphatic rings. The lowest BCUT2D eigenvalue weighted by Gasteiger charge is -2.25. The number of hydrogen-bond acceptors (Lipinski definition) is 5. The molecule has 0 bridgehead atoms. The molecule has 1 atom stereocenters. The van der Waals surface area contributed by atoms with Crippen LogP contribution in [0.4, 0.5) is 11.4 Å². The lowest BCUT2D eigenvalue weighted by Crippen LogP contribution is -2.32. The first-order valence-corrected chi connectivity index (χ1v) is 13.5. The Balaban J connectivity index is 1.56. The van der Waals surface area contributed by atoms with Gasteiger partial charge in [0.05, 0.1) is 36.0 Å². The van der Waals surface area contributed by atoms with Gasteiger partial charge in [0.15, 0.2) is 0 Å². The summed E-state index contributed by atoms with van der Waals surface area (Å²) in [6.45, 7) is 6.14. The second-order valence-corrected chi connectivity index (χ2v) is 9.85. The smallest absolute Gasteiger partial charge is 0.262 e. The van der Waals surface area contributed by atoms with Crippen molar-refractivity contribution in [3.8, 4) is 5.75 Å². The predicted octanol–water partition coefficient (Wildman–Crippen LogP) is 6.53. The van der Waals surface area contributed by atoms with E-state index in [0.29, 0.717) is 58.9 Å². The van der Waals surface area contributed by atoms with E-state index in [1.54, 1.807) is 59.5 Å². The Morgan fingerprint density at radius 3 is 2.69 bits per heavy atom. The summed E-state index contributed by atoms with van der Waals surface area (Å²) in [7, 11) is 1.49. The molecule has 2 amide bonds. The molecule has 1 aliphatic heterocycles. The molecule has 0 radical (unpaired) electrons. The fourth-order valence-corrected chi connectivity index (χ4v) is 4.94. The third-order valence-corrected chi connectivity index (χ3v) is 6.98. The highest BCUT2D eigenvalue weighted by Gasteiger charge is 2.29. The van der Waals surface area contributed by atoms with Gasteiger partial charge in [-0.15, -0.1) is 6.58 Å². The van der Waals surface area contributed by atoms with Crippen LogP contribution in [0.2, 0.25) is 10.0 Å². The van der Waals surface area contributed by atoms with Crippen molar-refractivity contribution in [2.24, 2.45) is 0 Å². The largest absolute Gasteiger partial charge is 0.496 e. The molecule has 1 heterocycles. The Hall–Kier alpha value is -3.36. The van der Waals surface area contributed by atoms with Crippen LogP contribution in [-0.4, -0.2) is 45.2 Å². The van der Waals surface area contributed by atoms with Gasteiger partial charge in [0.1, 0.15) is 5.75 Å². The van der Waals surface area contributed by atoms with E-state index in [0.717, 1.165) is 24.1 Å². The van der Waals surface area contributed by atoms with E-state index in [-0.39, 0.29) is 17.9 Å². The molecule has 1 unspecified atom stereocenters. The number of amides is 2. The second-order valence-electron chi connectivity index (χ2n) is 9.00. The zero-order chi connectivity index (χ0) is 27.8. The SMILES string of the molecule is C=CCNCCOC1CCCN(C(=O)c2ccc(NC(=O)c3ccccc3Cl)cc2OC)c2ccc(Cl)cc21. The fourth-order valence-electron chi connectivity index (χ4n) is 4.54. The maximum atomic E-state index is 13.9. The summed E-state index contributed by atoms with van der Waals surface area (Å²) in [5, 5.41) is 6.99. The van der Waals surface area contributed by atoms with E-state index in [1.807, 2.05) is 12.1 Å². The van der Waals surface area contributed by atoms with Crippen LogP contribution in [0.15, 0.2) is 73.3 Å². The first-order chi connectivity index (χ1) is 18.9.